The van der Waals surface area contributed by atoms with Crippen molar-refractivity contribution in [3.63, 3.8) is 0 Å². The van der Waals surface area contributed by atoms with Crippen molar-refractivity contribution in [3.8, 4) is 11.5 Å². The molecule has 1 aliphatic rings. The zero-order chi connectivity index (χ0) is 24.3. The number of aryl methyl sites for hydroxylation is 1. The molecule has 0 aliphatic carbocycles. The van der Waals surface area contributed by atoms with Gasteiger partial charge in [-0.2, -0.15) is 0 Å². The lowest BCUT2D eigenvalue weighted by Gasteiger charge is -2.43. The number of anilines is 1. The summed E-state index contributed by atoms with van der Waals surface area (Å²) < 4.78 is 23.3. The molecule has 0 saturated heterocycles. The maximum Gasteiger partial charge on any atom is 0.338 e. The molecular weight excluding hydrogens is 430 g/mol. The fourth-order valence-electron chi connectivity index (χ4n) is 4.12. The van der Waals surface area contributed by atoms with Gasteiger partial charge in [-0.25, -0.2) is 4.79 Å². The minimum absolute atomic E-state index is 0.436. The van der Waals surface area contributed by atoms with E-state index in [2.05, 4.69) is 36.5 Å². The molecule has 2 unspecified atom stereocenters. The van der Waals surface area contributed by atoms with Crippen LogP contribution in [0.15, 0.2) is 66.7 Å². The van der Waals surface area contributed by atoms with Gasteiger partial charge in [0.25, 0.3) is 0 Å². The van der Waals surface area contributed by atoms with Crippen molar-refractivity contribution >= 4 is 11.7 Å². The molecule has 1 aliphatic heterocycles. The molecule has 6 heteroatoms. The van der Waals surface area contributed by atoms with E-state index < -0.39 is 23.8 Å². The van der Waals surface area contributed by atoms with Crippen molar-refractivity contribution < 1.29 is 23.7 Å². The zero-order valence-corrected chi connectivity index (χ0v) is 20.3. The van der Waals surface area contributed by atoms with Crippen molar-refractivity contribution in [2.24, 2.45) is 0 Å². The quantitative estimate of drug-likeness (QED) is 0.455. The third-order valence-corrected chi connectivity index (χ3v) is 6.08. The van der Waals surface area contributed by atoms with Crippen LogP contribution in [0.4, 0.5) is 5.69 Å². The summed E-state index contributed by atoms with van der Waals surface area (Å²) in [5.74, 6) is 0.949. The van der Waals surface area contributed by atoms with E-state index in [0.29, 0.717) is 17.9 Å². The Balaban J connectivity index is 1.55. The van der Waals surface area contributed by atoms with Crippen LogP contribution in [0.3, 0.4) is 0 Å². The van der Waals surface area contributed by atoms with Crippen molar-refractivity contribution in [1.82, 2.24) is 0 Å². The number of hydrogen-bond donors (Lipinski definition) is 1. The third-order valence-electron chi connectivity index (χ3n) is 6.08. The summed E-state index contributed by atoms with van der Waals surface area (Å²) in [7, 11) is 3.20. The molecule has 0 aromatic heterocycles. The molecule has 3 aromatic rings. The average molecular weight is 462 g/mol. The van der Waals surface area contributed by atoms with Crippen LogP contribution in [0.2, 0.25) is 0 Å². The monoisotopic (exact) mass is 461 g/mol. The predicted octanol–water partition coefficient (Wildman–Crippen LogP) is 5.70. The smallest absolute Gasteiger partial charge is 0.338 e. The number of esters is 1. The molecular formula is C28H31NO5. The van der Waals surface area contributed by atoms with E-state index in [0.717, 1.165) is 17.0 Å². The fraction of sp³-hybridized carbons (Fsp3) is 0.321. The van der Waals surface area contributed by atoms with Crippen LogP contribution in [0.25, 0.3) is 0 Å². The van der Waals surface area contributed by atoms with Crippen LogP contribution in [0.5, 0.6) is 11.5 Å². The zero-order valence-electron chi connectivity index (χ0n) is 20.3. The van der Waals surface area contributed by atoms with Gasteiger partial charge in [0, 0.05) is 24.9 Å². The van der Waals surface area contributed by atoms with Crippen LogP contribution in [-0.2, 0) is 16.0 Å². The van der Waals surface area contributed by atoms with Crippen LogP contribution < -0.4 is 14.8 Å². The van der Waals surface area contributed by atoms with E-state index in [-0.39, 0.29) is 0 Å². The number of nitrogens with one attached hydrogen (secondary N) is 1. The molecule has 0 saturated carbocycles. The number of methoxy groups -OCH3 is 2. The highest BCUT2D eigenvalue weighted by Gasteiger charge is 2.47. The Morgan fingerprint density at radius 1 is 1.00 bits per heavy atom. The van der Waals surface area contributed by atoms with Crippen molar-refractivity contribution in [1.29, 1.82) is 0 Å². The van der Waals surface area contributed by atoms with Gasteiger partial charge in [0.1, 0.15) is 23.2 Å². The Labute approximate surface area is 200 Å². The highest BCUT2D eigenvalue weighted by atomic mass is 16.6. The minimum atomic E-state index is -0.785. The van der Waals surface area contributed by atoms with Crippen molar-refractivity contribution in [3.05, 3.63) is 89.0 Å². The van der Waals surface area contributed by atoms with E-state index in [1.165, 1.54) is 11.1 Å². The van der Waals surface area contributed by atoms with Crippen LogP contribution in [0.1, 0.15) is 47.0 Å². The molecule has 6 nitrogen and oxygen atoms in total. The van der Waals surface area contributed by atoms with Crippen molar-refractivity contribution in [2.75, 3.05) is 19.5 Å². The average Bonchev–Trinajstić information content (AvgIpc) is 2.84. The Kier molecular flexibility index (Phi) is 6.80. The topological polar surface area (TPSA) is 66.0 Å². The third kappa shape index (κ3) is 5.02. The van der Waals surface area contributed by atoms with Crippen LogP contribution in [-0.4, -0.2) is 31.9 Å². The van der Waals surface area contributed by atoms with Gasteiger partial charge < -0.3 is 24.3 Å². The second-order valence-electron chi connectivity index (χ2n) is 9.01. The molecule has 0 spiro atoms. The number of ether oxygens (including phenoxy) is 4. The number of fused-ring (bicyclic) bond motifs is 1. The first-order valence-corrected chi connectivity index (χ1v) is 11.3. The summed E-state index contributed by atoms with van der Waals surface area (Å²) in [4.78, 5) is 12.9. The molecule has 0 bridgehead atoms. The number of carbonyl (C=O) groups excluding carboxylic acids is 1. The van der Waals surface area contributed by atoms with E-state index in [4.69, 9.17) is 18.9 Å². The highest BCUT2D eigenvalue weighted by Crippen LogP contribution is 2.44. The predicted molar refractivity (Wildman–Crippen MR) is 132 cm³/mol. The number of rotatable bonds is 7. The second-order valence-corrected chi connectivity index (χ2v) is 9.01. The molecule has 178 valence electrons. The van der Waals surface area contributed by atoms with E-state index in [1.807, 2.05) is 32.0 Å². The van der Waals surface area contributed by atoms with Crippen LogP contribution in [0, 0.1) is 6.92 Å². The first kappa shape index (κ1) is 23.6. The maximum absolute atomic E-state index is 12.9. The molecule has 34 heavy (non-hydrogen) atoms. The normalized spacial score (nSPS) is 18.4. The molecule has 1 heterocycles. The van der Waals surface area contributed by atoms with Gasteiger partial charge in [-0.1, -0.05) is 29.8 Å². The highest BCUT2D eigenvalue weighted by molar-refractivity contribution is 5.89. The molecule has 0 amide bonds. The van der Waals surface area contributed by atoms with Crippen LogP contribution >= 0.6 is 0 Å². The van der Waals surface area contributed by atoms with Gasteiger partial charge in [-0.05, 0) is 68.8 Å². The number of carbonyl (C=O) groups is 1. The summed E-state index contributed by atoms with van der Waals surface area (Å²) in [5.41, 5.74) is 3.84. The largest absolute Gasteiger partial charge is 0.497 e. The minimum Gasteiger partial charge on any atom is -0.497 e. The Morgan fingerprint density at radius 2 is 1.71 bits per heavy atom. The van der Waals surface area contributed by atoms with Gasteiger partial charge in [0.2, 0.25) is 0 Å². The van der Waals surface area contributed by atoms with Gasteiger partial charge >= 0.3 is 5.97 Å². The Bertz CT molecular complexity index is 1140. The first-order valence-electron chi connectivity index (χ1n) is 11.3. The Hall–Kier alpha value is -3.51. The van der Waals surface area contributed by atoms with Gasteiger partial charge in [0.15, 0.2) is 6.10 Å². The van der Waals surface area contributed by atoms with E-state index >= 15 is 0 Å². The standard InChI is InChI=1S/C28H31NO5/c1-18-6-8-19(9-7-18)17-29-21-12-15-24-23(16-21)25(32-5)26(28(2,3)34-24)33-27(30)20-10-13-22(31-4)14-11-20/h6-16,25-26,29H,17H2,1-5H3. The summed E-state index contributed by atoms with van der Waals surface area (Å²) in [6.07, 6.45) is -1.13. The van der Waals surface area contributed by atoms with Gasteiger partial charge in [0.05, 0.1) is 12.7 Å². The van der Waals surface area contributed by atoms with Gasteiger partial charge in [-0.15, -0.1) is 0 Å². The lowest BCUT2D eigenvalue weighted by molar-refractivity contribution is -0.129. The number of benzene rings is 3. The summed E-state index contributed by atoms with van der Waals surface area (Å²) in [6, 6.07) is 21.2. The first-order chi connectivity index (χ1) is 16.3. The SMILES string of the molecule is COc1ccc(C(=O)OC2C(OC)c3cc(NCc4ccc(C)cc4)ccc3OC2(C)C)cc1. The lowest BCUT2D eigenvalue weighted by atomic mass is 9.87. The molecule has 0 radical (unpaired) electrons. The molecule has 4 rings (SSSR count). The van der Waals surface area contributed by atoms with Crippen molar-refractivity contribution in [2.45, 2.75) is 45.1 Å². The van der Waals surface area contributed by atoms with E-state index in [1.54, 1.807) is 38.5 Å². The summed E-state index contributed by atoms with van der Waals surface area (Å²) in [5, 5.41) is 3.46. The molecule has 3 aromatic carbocycles. The molecule has 2 atom stereocenters. The maximum atomic E-state index is 12.9. The molecule has 0 fully saturated rings. The number of hydrogen-bond acceptors (Lipinski definition) is 6. The fourth-order valence-corrected chi connectivity index (χ4v) is 4.12. The van der Waals surface area contributed by atoms with Gasteiger partial charge in [-0.3, -0.25) is 0 Å². The second kappa shape index (κ2) is 9.77. The van der Waals surface area contributed by atoms with E-state index in [9.17, 15) is 4.79 Å². The molecule has 1 N–H and O–H groups in total. The summed E-state index contributed by atoms with van der Waals surface area (Å²) >= 11 is 0. The lowest BCUT2D eigenvalue weighted by Crippen LogP contribution is -2.51. The summed E-state index contributed by atoms with van der Waals surface area (Å²) in [6.45, 7) is 6.57. The Morgan fingerprint density at radius 3 is 2.35 bits per heavy atom.